The number of carbonyl (C=O) groups excluding carboxylic acids is 2. The number of carbonyl (C=O) groups is 2. The van der Waals surface area contributed by atoms with E-state index in [1.807, 2.05) is 20.2 Å². The number of aryl methyl sites for hydroxylation is 1. The van der Waals surface area contributed by atoms with Gasteiger partial charge in [0.25, 0.3) is 5.91 Å². The normalized spacial score (nSPS) is 10.7. The molecule has 0 unspecified atom stereocenters. The van der Waals surface area contributed by atoms with Gasteiger partial charge in [-0.1, -0.05) is 13.0 Å². The van der Waals surface area contributed by atoms with Crippen molar-refractivity contribution in [2.75, 3.05) is 11.9 Å². The van der Waals surface area contributed by atoms with Crippen molar-refractivity contribution >= 4 is 23.6 Å². The number of amides is 2. The van der Waals surface area contributed by atoms with E-state index in [9.17, 15) is 9.59 Å². The molecule has 0 aliphatic carbocycles. The van der Waals surface area contributed by atoms with Gasteiger partial charge in [0.1, 0.15) is 0 Å². The smallest absolute Gasteiger partial charge is 0.251 e. The molecule has 6 heteroatoms. The van der Waals surface area contributed by atoms with E-state index >= 15 is 0 Å². The summed E-state index contributed by atoms with van der Waals surface area (Å²) in [5.41, 5.74) is 1.94. The van der Waals surface area contributed by atoms with Gasteiger partial charge in [0.15, 0.2) is 0 Å². The molecule has 2 N–H and O–H groups in total. The van der Waals surface area contributed by atoms with E-state index in [2.05, 4.69) is 15.7 Å². The first-order valence-corrected chi connectivity index (χ1v) is 7.44. The van der Waals surface area contributed by atoms with Crippen molar-refractivity contribution in [3.63, 3.8) is 0 Å². The van der Waals surface area contributed by atoms with E-state index < -0.39 is 0 Å². The third kappa shape index (κ3) is 5.10. The molecular formula is C17H20N4O2. The van der Waals surface area contributed by atoms with E-state index in [1.54, 1.807) is 41.2 Å². The zero-order valence-corrected chi connectivity index (χ0v) is 13.2. The number of anilines is 1. The van der Waals surface area contributed by atoms with Gasteiger partial charge in [0, 0.05) is 42.7 Å². The molecule has 0 saturated heterocycles. The molecule has 0 radical (unpaired) electrons. The average Bonchev–Trinajstić information content (AvgIpc) is 2.96. The minimum absolute atomic E-state index is 0.145. The van der Waals surface area contributed by atoms with Crippen LogP contribution in [0.4, 0.5) is 5.69 Å². The Hall–Kier alpha value is -2.89. The number of nitrogens with zero attached hydrogens (tertiary/aromatic N) is 2. The van der Waals surface area contributed by atoms with Gasteiger partial charge in [-0.25, -0.2) is 0 Å². The quantitative estimate of drug-likeness (QED) is 0.803. The van der Waals surface area contributed by atoms with Crippen LogP contribution in [0.25, 0.3) is 6.08 Å². The van der Waals surface area contributed by atoms with Crippen molar-refractivity contribution in [3.8, 4) is 0 Å². The number of hydrogen-bond acceptors (Lipinski definition) is 3. The Kier molecular flexibility index (Phi) is 5.68. The van der Waals surface area contributed by atoms with Gasteiger partial charge in [-0.15, -0.1) is 0 Å². The van der Waals surface area contributed by atoms with Crippen LogP contribution in [0, 0.1) is 0 Å². The standard InChI is InChI=1S/C17H20N4O2/c1-3-9-18-17(23)14-5-4-6-15(10-14)20-16(22)8-7-13-11-19-21(2)12-13/h4-8,10-12H,3,9H2,1-2H3,(H,18,23)(H,20,22)/b8-7+. The van der Waals surface area contributed by atoms with E-state index in [0.29, 0.717) is 17.8 Å². The van der Waals surface area contributed by atoms with Crippen molar-refractivity contribution in [1.29, 1.82) is 0 Å². The first kappa shape index (κ1) is 16.5. The fourth-order valence-corrected chi connectivity index (χ4v) is 1.96. The van der Waals surface area contributed by atoms with E-state index in [-0.39, 0.29) is 11.8 Å². The van der Waals surface area contributed by atoms with Crippen LogP contribution in [-0.2, 0) is 11.8 Å². The summed E-state index contributed by atoms with van der Waals surface area (Å²) in [5, 5.41) is 9.56. The number of aromatic nitrogens is 2. The Morgan fingerprint density at radius 2 is 2.17 bits per heavy atom. The molecule has 120 valence electrons. The van der Waals surface area contributed by atoms with Crippen LogP contribution in [-0.4, -0.2) is 28.1 Å². The summed E-state index contributed by atoms with van der Waals surface area (Å²) in [5.74, 6) is -0.408. The molecule has 0 aliphatic heterocycles. The molecule has 1 heterocycles. The zero-order chi connectivity index (χ0) is 16.7. The summed E-state index contributed by atoms with van der Waals surface area (Å²) in [6.07, 6.45) is 7.47. The SMILES string of the molecule is CCCNC(=O)c1cccc(NC(=O)/C=C/c2cnn(C)c2)c1. The Bertz CT molecular complexity index is 719. The minimum atomic E-state index is -0.264. The minimum Gasteiger partial charge on any atom is -0.352 e. The van der Waals surface area contributed by atoms with Crippen LogP contribution in [0.15, 0.2) is 42.7 Å². The molecular weight excluding hydrogens is 292 g/mol. The number of hydrogen-bond donors (Lipinski definition) is 2. The lowest BCUT2D eigenvalue weighted by Crippen LogP contribution is -2.24. The van der Waals surface area contributed by atoms with Gasteiger partial charge in [0.05, 0.1) is 6.20 Å². The predicted octanol–water partition coefficient (Wildman–Crippen LogP) is 2.21. The molecule has 2 rings (SSSR count). The monoisotopic (exact) mass is 312 g/mol. The molecule has 2 aromatic rings. The van der Waals surface area contributed by atoms with Gasteiger partial charge in [-0.05, 0) is 30.7 Å². The maximum atomic E-state index is 11.9. The number of nitrogens with one attached hydrogen (secondary N) is 2. The maximum Gasteiger partial charge on any atom is 0.251 e. The maximum absolute atomic E-state index is 11.9. The summed E-state index contributed by atoms with van der Waals surface area (Å²) in [6, 6.07) is 6.85. The Morgan fingerprint density at radius 3 is 2.87 bits per heavy atom. The van der Waals surface area contributed by atoms with Gasteiger partial charge in [-0.3, -0.25) is 14.3 Å². The van der Waals surface area contributed by atoms with Gasteiger partial charge in [0.2, 0.25) is 5.91 Å². The van der Waals surface area contributed by atoms with Crippen LogP contribution < -0.4 is 10.6 Å². The molecule has 0 bridgehead atoms. The van der Waals surface area contributed by atoms with Gasteiger partial charge < -0.3 is 10.6 Å². The molecule has 0 fully saturated rings. The van der Waals surface area contributed by atoms with E-state index in [1.165, 1.54) is 6.08 Å². The first-order chi connectivity index (χ1) is 11.1. The first-order valence-electron chi connectivity index (χ1n) is 7.44. The highest BCUT2D eigenvalue weighted by molar-refractivity contribution is 6.03. The molecule has 23 heavy (non-hydrogen) atoms. The number of rotatable bonds is 6. The Balaban J connectivity index is 1.98. The largest absolute Gasteiger partial charge is 0.352 e. The predicted molar refractivity (Wildman–Crippen MR) is 89.9 cm³/mol. The second-order valence-electron chi connectivity index (χ2n) is 5.11. The molecule has 1 aromatic heterocycles. The van der Waals surface area contributed by atoms with Crippen molar-refractivity contribution in [2.24, 2.45) is 7.05 Å². The lowest BCUT2D eigenvalue weighted by molar-refractivity contribution is -0.111. The highest BCUT2D eigenvalue weighted by atomic mass is 16.2. The van der Waals surface area contributed by atoms with Crippen molar-refractivity contribution in [1.82, 2.24) is 15.1 Å². The Labute approximate surface area is 135 Å². The zero-order valence-electron chi connectivity index (χ0n) is 13.2. The molecule has 2 amide bonds. The van der Waals surface area contributed by atoms with Gasteiger partial charge >= 0.3 is 0 Å². The molecule has 0 atom stereocenters. The van der Waals surface area contributed by atoms with E-state index in [4.69, 9.17) is 0 Å². The lowest BCUT2D eigenvalue weighted by Gasteiger charge is -2.06. The summed E-state index contributed by atoms with van der Waals surface area (Å²) in [7, 11) is 1.81. The Morgan fingerprint density at radius 1 is 1.35 bits per heavy atom. The fraction of sp³-hybridized carbons (Fsp3) is 0.235. The second-order valence-corrected chi connectivity index (χ2v) is 5.11. The molecule has 0 aliphatic rings. The second kappa shape index (κ2) is 7.93. The van der Waals surface area contributed by atoms with Crippen molar-refractivity contribution in [2.45, 2.75) is 13.3 Å². The van der Waals surface area contributed by atoms with Crippen LogP contribution in [0.5, 0.6) is 0 Å². The third-order valence-corrected chi connectivity index (χ3v) is 3.08. The highest BCUT2D eigenvalue weighted by Crippen LogP contribution is 2.11. The molecule has 6 nitrogen and oxygen atoms in total. The summed E-state index contributed by atoms with van der Waals surface area (Å²) in [6.45, 7) is 2.62. The summed E-state index contributed by atoms with van der Waals surface area (Å²) < 4.78 is 1.66. The summed E-state index contributed by atoms with van der Waals surface area (Å²) in [4.78, 5) is 23.8. The molecule has 0 spiro atoms. The van der Waals surface area contributed by atoms with Crippen LogP contribution in [0.3, 0.4) is 0 Å². The number of benzene rings is 1. The van der Waals surface area contributed by atoms with Crippen LogP contribution in [0.2, 0.25) is 0 Å². The highest BCUT2D eigenvalue weighted by Gasteiger charge is 2.06. The fourth-order valence-electron chi connectivity index (χ4n) is 1.96. The topological polar surface area (TPSA) is 76.0 Å². The lowest BCUT2D eigenvalue weighted by atomic mass is 10.2. The van der Waals surface area contributed by atoms with Crippen molar-refractivity contribution < 1.29 is 9.59 Å². The molecule has 1 aromatic carbocycles. The summed E-state index contributed by atoms with van der Waals surface area (Å²) >= 11 is 0. The average molecular weight is 312 g/mol. The van der Waals surface area contributed by atoms with Gasteiger partial charge in [-0.2, -0.15) is 5.10 Å². The van der Waals surface area contributed by atoms with Crippen LogP contribution in [0.1, 0.15) is 29.3 Å². The third-order valence-electron chi connectivity index (χ3n) is 3.08. The molecule has 0 saturated carbocycles. The van der Waals surface area contributed by atoms with E-state index in [0.717, 1.165) is 12.0 Å². The van der Waals surface area contributed by atoms with Crippen LogP contribution >= 0.6 is 0 Å². The van der Waals surface area contributed by atoms with Crippen molar-refractivity contribution in [3.05, 3.63) is 53.9 Å².